The summed E-state index contributed by atoms with van der Waals surface area (Å²) in [5, 5.41) is 3.00. The third-order valence-corrected chi connectivity index (χ3v) is 2.49. The summed E-state index contributed by atoms with van der Waals surface area (Å²) in [6.45, 7) is 4.22. The molecule has 1 heterocycles. The van der Waals surface area contributed by atoms with Gasteiger partial charge in [0, 0.05) is 11.8 Å². The van der Waals surface area contributed by atoms with Crippen molar-refractivity contribution in [3.8, 4) is 5.69 Å². The van der Waals surface area contributed by atoms with Crippen molar-refractivity contribution in [3.63, 3.8) is 0 Å². The van der Waals surface area contributed by atoms with Crippen molar-refractivity contribution >= 4 is 0 Å². The fourth-order valence-electron chi connectivity index (χ4n) is 1.76. The van der Waals surface area contributed by atoms with Gasteiger partial charge in [0.25, 0.3) is 5.56 Å². The molecule has 16 heavy (non-hydrogen) atoms. The van der Waals surface area contributed by atoms with Crippen LogP contribution in [0.4, 0.5) is 0 Å². The maximum Gasteiger partial charge on any atom is 0.274 e. The molecule has 0 saturated heterocycles. The molecule has 1 aromatic carbocycles. The first-order valence-electron chi connectivity index (χ1n) is 5.53. The maximum absolute atomic E-state index is 12.0. The molecular weight excluding hydrogens is 200 g/mol. The smallest absolute Gasteiger partial charge is 0.274 e. The summed E-state index contributed by atoms with van der Waals surface area (Å²) in [6, 6.07) is 9.61. The first-order valence-corrected chi connectivity index (χ1v) is 5.53. The molecule has 2 aromatic rings. The van der Waals surface area contributed by atoms with Crippen LogP contribution >= 0.6 is 0 Å². The summed E-state index contributed by atoms with van der Waals surface area (Å²) in [6.07, 6.45) is 2.62. The average Bonchev–Trinajstić information content (AvgIpc) is 2.61. The number of para-hydroxylation sites is 1. The Bertz CT molecular complexity index is 508. The SMILES string of the molecule is CC(C)Cc1c[nH]n(-c2ccccc2)c1=O. The first-order chi connectivity index (χ1) is 7.68. The second-order valence-corrected chi connectivity index (χ2v) is 4.37. The van der Waals surface area contributed by atoms with Crippen molar-refractivity contribution < 1.29 is 0 Å². The minimum atomic E-state index is 0.0555. The Kier molecular flexibility index (Phi) is 2.95. The normalized spacial score (nSPS) is 10.9. The van der Waals surface area contributed by atoms with E-state index in [9.17, 15) is 4.79 Å². The Balaban J connectivity index is 2.38. The Morgan fingerprint density at radius 1 is 1.25 bits per heavy atom. The van der Waals surface area contributed by atoms with Crippen LogP contribution in [-0.4, -0.2) is 9.78 Å². The molecule has 3 heteroatoms. The molecular formula is C13H16N2O. The van der Waals surface area contributed by atoms with E-state index in [0.717, 1.165) is 17.7 Å². The summed E-state index contributed by atoms with van der Waals surface area (Å²) in [5.41, 5.74) is 1.78. The van der Waals surface area contributed by atoms with Gasteiger partial charge in [-0.25, -0.2) is 4.68 Å². The summed E-state index contributed by atoms with van der Waals surface area (Å²) in [5.74, 6) is 0.493. The van der Waals surface area contributed by atoms with Gasteiger partial charge in [0.2, 0.25) is 0 Å². The van der Waals surface area contributed by atoms with Gasteiger partial charge in [0.05, 0.1) is 5.69 Å². The molecule has 0 fully saturated rings. The predicted octanol–water partition coefficient (Wildman–Crippen LogP) is 2.36. The number of benzene rings is 1. The lowest BCUT2D eigenvalue weighted by Gasteiger charge is -2.00. The van der Waals surface area contributed by atoms with E-state index in [-0.39, 0.29) is 5.56 Å². The highest BCUT2D eigenvalue weighted by atomic mass is 16.1. The molecule has 2 rings (SSSR count). The van der Waals surface area contributed by atoms with Crippen LogP contribution in [0.3, 0.4) is 0 Å². The van der Waals surface area contributed by atoms with Gasteiger partial charge in [0.1, 0.15) is 0 Å². The number of aromatic nitrogens is 2. The minimum absolute atomic E-state index is 0.0555. The van der Waals surface area contributed by atoms with Crippen molar-refractivity contribution in [3.05, 3.63) is 52.4 Å². The van der Waals surface area contributed by atoms with Crippen molar-refractivity contribution in [2.24, 2.45) is 5.92 Å². The van der Waals surface area contributed by atoms with Gasteiger partial charge in [-0.05, 0) is 24.5 Å². The lowest BCUT2D eigenvalue weighted by molar-refractivity contribution is 0.644. The monoisotopic (exact) mass is 216 g/mol. The summed E-state index contributed by atoms with van der Waals surface area (Å²) >= 11 is 0. The number of nitrogens with one attached hydrogen (secondary N) is 1. The number of nitrogens with zero attached hydrogens (tertiary/aromatic N) is 1. The fourth-order valence-corrected chi connectivity index (χ4v) is 1.76. The van der Waals surface area contributed by atoms with E-state index in [0.29, 0.717) is 5.92 Å². The van der Waals surface area contributed by atoms with E-state index in [1.165, 1.54) is 0 Å². The van der Waals surface area contributed by atoms with E-state index in [1.807, 2.05) is 30.3 Å². The van der Waals surface area contributed by atoms with Gasteiger partial charge in [-0.3, -0.25) is 9.89 Å². The molecule has 0 unspecified atom stereocenters. The van der Waals surface area contributed by atoms with Crippen LogP contribution in [0.15, 0.2) is 41.3 Å². The Hall–Kier alpha value is -1.77. The number of rotatable bonds is 3. The van der Waals surface area contributed by atoms with Crippen molar-refractivity contribution in [1.82, 2.24) is 9.78 Å². The second kappa shape index (κ2) is 4.39. The topological polar surface area (TPSA) is 37.8 Å². The van der Waals surface area contributed by atoms with Crippen LogP contribution in [-0.2, 0) is 6.42 Å². The third kappa shape index (κ3) is 2.08. The predicted molar refractivity (Wildman–Crippen MR) is 64.9 cm³/mol. The summed E-state index contributed by atoms with van der Waals surface area (Å²) in [4.78, 5) is 12.0. The van der Waals surface area contributed by atoms with E-state index >= 15 is 0 Å². The third-order valence-electron chi connectivity index (χ3n) is 2.49. The Morgan fingerprint density at radius 3 is 2.56 bits per heavy atom. The van der Waals surface area contributed by atoms with Crippen LogP contribution < -0.4 is 5.56 Å². The van der Waals surface area contributed by atoms with Gasteiger partial charge in [0.15, 0.2) is 0 Å². The van der Waals surface area contributed by atoms with E-state index in [2.05, 4.69) is 18.9 Å². The molecule has 0 aliphatic carbocycles. The molecule has 0 radical (unpaired) electrons. The average molecular weight is 216 g/mol. The van der Waals surface area contributed by atoms with Crippen molar-refractivity contribution in [2.45, 2.75) is 20.3 Å². The van der Waals surface area contributed by atoms with E-state index < -0.39 is 0 Å². The van der Waals surface area contributed by atoms with E-state index in [1.54, 1.807) is 10.9 Å². The number of aromatic amines is 1. The Morgan fingerprint density at radius 2 is 1.94 bits per heavy atom. The zero-order valence-corrected chi connectivity index (χ0v) is 9.60. The largest absolute Gasteiger partial charge is 0.298 e. The lowest BCUT2D eigenvalue weighted by atomic mass is 10.1. The van der Waals surface area contributed by atoms with Gasteiger partial charge < -0.3 is 0 Å². The highest BCUT2D eigenvalue weighted by Crippen LogP contribution is 2.06. The highest BCUT2D eigenvalue weighted by Gasteiger charge is 2.08. The lowest BCUT2D eigenvalue weighted by Crippen LogP contribution is -2.18. The summed E-state index contributed by atoms with van der Waals surface area (Å²) < 4.78 is 1.58. The molecule has 0 saturated carbocycles. The quantitative estimate of drug-likeness (QED) is 0.840. The van der Waals surface area contributed by atoms with Crippen LogP contribution in [0.5, 0.6) is 0 Å². The van der Waals surface area contributed by atoms with Gasteiger partial charge in [-0.1, -0.05) is 32.0 Å². The molecule has 0 aliphatic heterocycles. The zero-order valence-electron chi connectivity index (χ0n) is 9.60. The van der Waals surface area contributed by atoms with Crippen LogP contribution in [0.25, 0.3) is 5.69 Å². The van der Waals surface area contributed by atoms with Gasteiger partial charge in [-0.2, -0.15) is 0 Å². The standard InChI is InChI=1S/C13H16N2O/c1-10(2)8-11-9-14-15(13(11)16)12-6-4-3-5-7-12/h3-7,9-10,14H,8H2,1-2H3. The Labute approximate surface area is 94.7 Å². The number of H-pyrrole nitrogens is 1. The maximum atomic E-state index is 12.0. The molecule has 3 nitrogen and oxygen atoms in total. The van der Waals surface area contributed by atoms with Crippen LogP contribution in [0.1, 0.15) is 19.4 Å². The highest BCUT2D eigenvalue weighted by molar-refractivity contribution is 5.31. The molecule has 84 valence electrons. The minimum Gasteiger partial charge on any atom is -0.298 e. The fraction of sp³-hybridized carbons (Fsp3) is 0.308. The number of hydrogen-bond acceptors (Lipinski definition) is 1. The molecule has 0 atom stereocenters. The summed E-state index contributed by atoms with van der Waals surface area (Å²) in [7, 11) is 0. The molecule has 0 aliphatic rings. The van der Waals surface area contributed by atoms with Gasteiger partial charge >= 0.3 is 0 Å². The van der Waals surface area contributed by atoms with Crippen molar-refractivity contribution in [1.29, 1.82) is 0 Å². The second-order valence-electron chi connectivity index (χ2n) is 4.37. The van der Waals surface area contributed by atoms with E-state index in [4.69, 9.17) is 0 Å². The van der Waals surface area contributed by atoms with Crippen molar-refractivity contribution in [2.75, 3.05) is 0 Å². The molecule has 0 amide bonds. The van der Waals surface area contributed by atoms with Crippen LogP contribution in [0, 0.1) is 5.92 Å². The molecule has 0 spiro atoms. The molecule has 1 N–H and O–H groups in total. The zero-order chi connectivity index (χ0) is 11.5. The first kappa shape index (κ1) is 10.7. The number of hydrogen-bond donors (Lipinski definition) is 1. The van der Waals surface area contributed by atoms with Crippen LogP contribution in [0.2, 0.25) is 0 Å². The molecule has 1 aromatic heterocycles. The van der Waals surface area contributed by atoms with Gasteiger partial charge in [-0.15, -0.1) is 0 Å². The molecule has 0 bridgehead atoms.